The Balaban J connectivity index is 1.52. The van der Waals surface area contributed by atoms with Crippen LogP contribution in [0.1, 0.15) is 50.3 Å². The van der Waals surface area contributed by atoms with Crippen LogP contribution >= 0.6 is 0 Å². The van der Waals surface area contributed by atoms with Crippen LogP contribution in [0.3, 0.4) is 0 Å². The second-order valence-electron chi connectivity index (χ2n) is 8.55. The van der Waals surface area contributed by atoms with Crippen molar-refractivity contribution in [2.45, 2.75) is 50.8 Å². The highest BCUT2D eigenvalue weighted by Crippen LogP contribution is 2.35. The molecule has 0 radical (unpaired) electrons. The minimum Gasteiger partial charge on any atom is -0.393 e. The summed E-state index contributed by atoms with van der Waals surface area (Å²) in [6, 6.07) is 16.8. The molecule has 2 heterocycles. The quantitative estimate of drug-likeness (QED) is 0.370. The second-order valence-corrected chi connectivity index (χ2v) is 8.55. The van der Waals surface area contributed by atoms with Gasteiger partial charge in [-0.3, -0.25) is 4.57 Å². The van der Waals surface area contributed by atoms with Gasteiger partial charge in [-0.05, 0) is 50.3 Å². The summed E-state index contributed by atoms with van der Waals surface area (Å²) in [5.74, 6) is 0.688. The van der Waals surface area contributed by atoms with Crippen molar-refractivity contribution in [3.8, 4) is 0 Å². The number of anilines is 3. The standard InChI is InChI=1S/C25H27FN6O/c1-16(17-7-3-2-4-8-17)28-24-27-15-22-23(31-24)32(18-11-13-19(33)14-12-18)25(30-22)29-21-10-6-5-9-20(21)26/h2-10,15-16,18-19,33H,11-14H2,1H3,(H,29,30)(H,27,28,31)/t16?,18-,19-. The van der Waals surface area contributed by atoms with Crippen LogP contribution in [-0.4, -0.2) is 30.7 Å². The number of nitrogens with one attached hydrogen (secondary N) is 2. The molecule has 33 heavy (non-hydrogen) atoms. The molecule has 8 heteroatoms. The molecule has 4 aromatic rings. The van der Waals surface area contributed by atoms with Crippen LogP contribution in [0, 0.1) is 5.82 Å². The maximum atomic E-state index is 14.4. The first kappa shape index (κ1) is 21.3. The summed E-state index contributed by atoms with van der Waals surface area (Å²) in [5, 5.41) is 16.5. The molecule has 2 aromatic heterocycles. The van der Waals surface area contributed by atoms with Crippen LogP contribution in [0.5, 0.6) is 0 Å². The number of hydrogen-bond donors (Lipinski definition) is 3. The highest BCUT2D eigenvalue weighted by molar-refractivity contribution is 5.76. The van der Waals surface area contributed by atoms with E-state index >= 15 is 0 Å². The Morgan fingerprint density at radius 3 is 2.48 bits per heavy atom. The normalized spacial score (nSPS) is 19.4. The fraction of sp³-hybridized carbons (Fsp3) is 0.320. The first-order chi connectivity index (χ1) is 16.1. The van der Waals surface area contributed by atoms with E-state index in [0.717, 1.165) is 18.4 Å². The minimum absolute atomic E-state index is 0.0286. The van der Waals surface area contributed by atoms with Crippen molar-refractivity contribution >= 4 is 28.7 Å². The molecule has 2 aromatic carbocycles. The maximum absolute atomic E-state index is 14.4. The predicted octanol–water partition coefficient (Wildman–Crippen LogP) is 5.36. The van der Waals surface area contributed by atoms with Crippen LogP contribution in [0.2, 0.25) is 0 Å². The topological polar surface area (TPSA) is 87.9 Å². The molecule has 1 atom stereocenters. The minimum atomic E-state index is -0.347. The Bertz CT molecular complexity index is 1240. The van der Waals surface area contributed by atoms with E-state index in [1.165, 1.54) is 6.07 Å². The van der Waals surface area contributed by atoms with Crippen molar-refractivity contribution in [1.82, 2.24) is 19.5 Å². The van der Waals surface area contributed by atoms with Crippen molar-refractivity contribution in [3.05, 3.63) is 72.2 Å². The molecule has 0 spiro atoms. The molecule has 0 amide bonds. The lowest BCUT2D eigenvalue weighted by Crippen LogP contribution is -2.22. The van der Waals surface area contributed by atoms with E-state index in [-0.39, 0.29) is 24.0 Å². The van der Waals surface area contributed by atoms with E-state index in [9.17, 15) is 9.50 Å². The SMILES string of the molecule is CC(Nc1ncc2nc(Nc3ccccc3F)n([C@H]3CC[C@H](O)CC3)c2n1)c1ccccc1. The van der Waals surface area contributed by atoms with Gasteiger partial charge in [-0.1, -0.05) is 42.5 Å². The number of fused-ring (bicyclic) bond motifs is 1. The predicted molar refractivity (Wildman–Crippen MR) is 127 cm³/mol. The smallest absolute Gasteiger partial charge is 0.225 e. The summed E-state index contributed by atoms with van der Waals surface area (Å²) >= 11 is 0. The Hall–Kier alpha value is -3.52. The van der Waals surface area contributed by atoms with Gasteiger partial charge >= 0.3 is 0 Å². The first-order valence-electron chi connectivity index (χ1n) is 11.3. The number of benzene rings is 2. The molecule has 1 aliphatic carbocycles. The van der Waals surface area contributed by atoms with Gasteiger partial charge in [0.05, 0.1) is 24.0 Å². The molecule has 1 unspecified atom stereocenters. The Morgan fingerprint density at radius 2 is 1.73 bits per heavy atom. The largest absolute Gasteiger partial charge is 0.393 e. The Labute approximate surface area is 191 Å². The van der Waals surface area contributed by atoms with Crippen molar-refractivity contribution in [3.63, 3.8) is 0 Å². The molecule has 0 bridgehead atoms. The summed E-state index contributed by atoms with van der Waals surface area (Å²) in [6.45, 7) is 2.06. The molecule has 1 aliphatic rings. The summed E-state index contributed by atoms with van der Waals surface area (Å²) in [7, 11) is 0. The number of hydrogen-bond acceptors (Lipinski definition) is 6. The van der Waals surface area contributed by atoms with Crippen molar-refractivity contribution in [1.29, 1.82) is 0 Å². The number of imidazole rings is 1. The molecular formula is C25H27FN6O. The van der Waals surface area contributed by atoms with Crippen molar-refractivity contribution in [2.24, 2.45) is 0 Å². The summed E-state index contributed by atoms with van der Waals surface area (Å²) in [5.41, 5.74) is 2.82. The molecule has 1 saturated carbocycles. The van der Waals surface area contributed by atoms with Crippen LogP contribution in [0.15, 0.2) is 60.8 Å². The third kappa shape index (κ3) is 4.52. The fourth-order valence-corrected chi connectivity index (χ4v) is 4.41. The number of aromatic nitrogens is 4. The van der Waals surface area contributed by atoms with E-state index < -0.39 is 0 Å². The number of para-hydroxylation sites is 1. The van der Waals surface area contributed by atoms with E-state index in [4.69, 9.17) is 9.97 Å². The van der Waals surface area contributed by atoms with Gasteiger partial charge in [-0.15, -0.1) is 0 Å². The van der Waals surface area contributed by atoms with Gasteiger partial charge in [0.25, 0.3) is 0 Å². The molecular weight excluding hydrogens is 419 g/mol. The molecule has 170 valence electrons. The molecule has 5 rings (SSSR count). The van der Waals surface area contributed by atoms with Crippen LogP contribution in [-0.2, 0) is 0 Å². The highest BCUT2D eigenvalue weighted by atomic mass is 19.1. The summed E-state index contributed by atoms with van der Waals surface area (Å²) < 4.78 is 16.4. The molecule has 0 saturated heterocycles. The van der Waals surface area contributed by atoms with E-state index in [1.54, 1.807) is 24.4 Å². The third-order valence-electron chi connectivity index (χ3n) is 6.23. The van der Waals surface area contributed by atoms with Crippen LogP contribution in [0.25, 0.3) is 11.2 Å². The highest BCUT2D eigenvalue weighted by Gasteiger charge is 2.26. The lowest BCUT2D eigenvalue weighted by molar-refractivity contribution is 0.112. The van der Waals surface area contributed by atoms with Crippen LogP contribution in [0.4, 0.5) is 22.0 Å². The van der Waals surface area contributed by atoms with Gasteiger partial charge < -0.3 is 15.7 Å². The zero-order chi connectivity index (χ0) is 22.8. The van der Waals surface area contributed by atoms with Gasteiger partial charge in [0, 0.05) is 6.04 Å². The molecule has 1 fully saturated rings. The zero-order valence-corrected chi connectivity index (χ0v) is 18.4. The molecule has 3 N–H and O–H groups in total. The van der Waals surface area contributed by atoms with Gasteiger partial charge in [0.2, 0.25) is 11.9 Å². The van der Waals surface area contributed by atoms with Crippen LogP contribution < -0.4 is 10.6 Å². The van der Waals surface area contributed by atoms with Gasteiger partial charge in [0.15, 0.2) is 5.65 Å². The van der Waals surface area contributed by atoms with E-state index in [2.05, 4.69) is 34.7 Å². The average Bonchev–Trinajstić information content (AvgIpc) is 3.19. The van der Waals surface area contributed by atoms with Gasteiger partial charge in [-0.25, -0.2) is 14.4 Å². The van der Waals surface area contributed by atoms with Crippen molar-refractivity contribution in [2.75, 3.05) is 10.6 Å². The lowest BCUT2D eigenvalue weighted by Gasteiger charge is -2.28. The summed E-state index contributed by atoms with van der Waals surface area (Å²) in [4.78, 5) is 14.0. The number of nitrogens with zero attached hydrogens (tertiary/aromatic N) is 4. The third-order valence-corrected chi connectivity index (χ3v) is 6.23. The second kappa shape index (κ2) is 9.15. The lowest BCUT2D eigenvalue weighted by atomic mass is 9.93. The summed E-state index contributed by atoms with van der Waals surface area (Å²) in [6.07, 6.45) is 4.44. The Morgan fingerprint density at radius 1 is 1.00 bits per heavy atom. The first-order valence-corrected chi connectivity index (χ1v) is 11.3. The van der Waals surface area contributed by atoms with E-state index in [0.29, 0.717) is 41.6 Å². The average molecular weight is 447 g/mol. The van der Waals surface area contributed by atoms with E-state index in [1.807, 2.05) is 22.8 Å². The maximum Gasteiger partial charge on any atom is 0.225 e. The zero-order valence-electron chi connectivity index (χ0n) is 18.4. The number of aliphatic hydroxyl groups is 1. The molecule has 0 aliphatic heterocycles. The van der Waals surface area contributed by atoms with Gasteiger partial charge in [0.1, 0.15) is 11.3 Å². The van der Waals surface area contributed by atoms with Crippen molar-refractivity contribution < 1.29 is 9.50 Å². The molecule has 7 nitrogen and oxygen atoms in total. The number of aliphatic hydroxyl groups excluding tert-OH is 1. The number of rotatable bonds is 6. The van der Waals surface area contributed by atoms with Gasteiger partial charge in [-0.2, -0.15) is 4.98 Å². The number of halogens is 1. The monoisotopic (exact) mass is 446 g/mol. The fourth-order valence-electron chi connectivity index (χ4n) is 4.41. The Kier molecular flexibility index (Phi) is 5.92.